The number of aromatic nitrogens is 5. The molecule has 0 spiro atoms. The first-order valence-electron chi connectivity index (χ1n) is 4.49. The summed E-state index contributed by atoms with van der Waals surface area (Å²) in [6.45, 7) is 0. The van der Waals surface area contributed by atoms with Crippen molar-refractivity contribution >= 4 is 16.7 Å². The van der Waals surface area contributed by atoms with Gasteiger partial charge in [-0.25, -0.2) is 9.36 Å². The van der Waals surface area contributed by atoms with Crippen LogP contribution in [0.2, 0.25) is 0 Å². The maximum Gasteiger partial charge on any atom is 0.450 e. The van der Waals surface area contributed by atoms with Gasteiger partial charge in [-0.05, 0) is 12.1 Å². The van der Waals surface area contributed by atoms with Crippen LogP contribution < -0.4 is 10.1 Å². The van der Waals surface area contributed by atoms with Crippen molar-refractivity contribution in [1.29, 1.82) is 0 Å². The number of tetrazole rings is 1. The minimum absolute atomic E-state index is 0.135. The Morgan fingerprint density at radius 3 is 3.07 bits per heavy atom. The third-order valence-electron chi connectivity index (χ3n) is 2.48. The molecule has 1 aromatic carbocycles. The SMILES string of the molecule is C[n+]1c2ccccc2c(=O)n2[nH]nnc21. The second-order valence-electron chi connectivity index (χ2n) is 3.32. The van der Waals surface area contributed by atoms with Crippen LogP contribution in [0.3, 0.4) is 0 Å². The smallest absolute Gasteiger partial charge is 0.248 e. The Hall–Kier alpha value is -2.24. The Morgan fingerprint density at radius 1 is 1.40 bits per heavy atom. The van der Waals surface area contributed by atoms with Gasteiger partial charge < -0.3 is 0 Å². The van der Waals surface area contributed by atoms with Crippen molar-refractivity contribution in [2.45, 2.75) is 0 Å². The van der Waals surface area contributed by atoms with Crippen LogP contribution in [0.4, 0.5) is 0 Å². The second kappa shape index (κ2) is 2.63. The van der Waals surface area contributed by atoms with Crippen molar-refractivity contribution in [1.82, 2.24) is 20.0 Å². The summed E-state index contributed by atoms with van der Waals surface area (Å²) in [7, 11) is 1.85. The molecule has 0 amide bonds. The van der Waals surface area contributed by atoms with Crippen molar-refractivity contribution in [2.75, 3.05) is 0 Å². The number of H-pyrrole nitrogens is 1. The number of aromatic amines is 1. The average Bonchev–Trinajstić information content (AvgIpc) is 2.75. The monoisotopic (exact) mass is 202 g/mol. The van der Waals surface area contributed by atoms with E-state index in [-0.39, 0.29) is 5.56 Å². The summed E-state index contributed by atoms with van der Waals surface area (Å²) in [6, 6.07) is 7.38. The highest BCUT2D eigenvalue weighted by molar-refractivity contribution is 5.74. The molecule has 2 aromatic heterocycles. The van der Waals surface area contributed by atoms with E-state index in [9.17, 15) is 4.79 Å². The van der Waals surface area contributed by atoms with E-state index in [1.165, 1.54) is 4.52 Å². The lowest BCUT2D eigenvalue weighted by Crippen LogP contribution is -2.37. The van der Waals surface area contributed by atoms with Gasteiger partial charge >= 0.3 is 11.3 Å². The minimum atomic E-state index is -0.135. The van der Waals surface area contributed by atoms with E-state index >= 15 is 0 Å². The summed E-state index contributed by atoms with van der Waals surface area (Å²) < 4.78 is 3.14. The maximum atomic E-state index is 11.9. The third kappa shape index (κ3) is 0.927. The van der Waals surface area contributed by atoms with Gasteiger partial charge in [0, 0.05) is 5.21 Å². The zero-order chi connectivity index (χ0) is 10.4. The van der Waals surface area contributed by atoms with Crippen molar-refractivity contribution in [3.05, 3.63) is 34.6 Å². The largest absolute Gasteiger partial charge is 0.450 e. The topological polar surface area (TPSA) is 66.9 Å². The number of para-hydroxylation sites is 1. The van der Waals surface area contributed by atoms with Crippen LogP contribution in [-0.4, -0.2) is 20.0 Å². The summed E-state index contributed by atoms with van der Waals surface area (Å²) in [5.41, 5.74) is 0.708. The highest BCUT2D eigenvalue weighted by Gasteiger charge is 2.17. The predicted octanol–water partition coefficient (Wildman–Crippen LogP) is -0.605. The lowest BCUT2D eigenvalue weighted by atomic mass is 10.2. The van der Waals surface area contributed by atoms with Gasteiger partial charge in [0.15, 0.2) is 0 Å². The number of nitrogens with one attached hydrogen (secondary N) is 1. The van der Waals surface area contributed by atoms with Gasteiger partial charge in [-0.1, -0.05) is 16.6 Å². The van der Waals surface area contributed by atoms with E-state index in [1.807, 2.05) is 29.8 Å². The fourth-order valence-corrected chi connectivity index (χ4v) is 1.73. The first-order valence-corrected chi connectivity index (χ1v) is 4.49. The van der Waals surface area contributed by atoms with Gasteiger partial charge in [0.1, 0.15) is 5.52 Å². The molecule has 0 unspecified atom stereocenters. The summed E-state index contributed by atoms with van der Waals surface area (Å²) >= 11 is 0. The average molecular weight is 202 g/mol. The molecule has 15 heavy (non-hydrogen) atoms. The van der Waals surface area contributed by atoms with E-state index in [4.69, 9.17) is 0 Å². The van der Waals surface area contributed by atoms with Crippen LogP contribution in [0, 0.1) is 0 Å². The summed E-state index contributed by atoms with van der Waals surface area (Å²) in [5.74, 6) is 0.499. The van der Waals surface area contributed by atoms with Gasteiger partial charge in [-0.2, -0.15) is 0 Å². The fraction of sp³-hybridized carbons (Fsp3) is 0.111. The van der Waals surface area contributed by atoms with Crippen LogP contribution in [0.5, 0.6) is 0 Å². The highest BCUT2D eigenvalue weighted by atomic mass is 16.1. The molecule has 6 heteroatoms. The first kappa shape index (κ1) is 8.10. The summed E-state index contributed by atoms with van der Waals surface area (Å²) in [6.07, 6.45) is 0. The number of rotatable bonds is 0. The number of fused-ring (bicyclic) bond motifs is 2. The third-order valence-corrected chi connectivity index (χ3v) is 2.48. The Labute approximate surface area is 83.8 Å². The van der Waals surface area contributed by atoms with Crippen LogP contribution in [0.25, 0.3) is 16.7 Å². The molecule has 2 heterocycles. The van der Waals surface area contributed by atoms with Gasteiger partial charge in [0.2, 0.25) is 0 Å². The Balaban J connectivity index is 2.76. The molecule has 0 saturated carbocycles. The van der Waals surface area contributed by atoms with E-state index in [1.54, 1.807) is 6.07 Å². The lowest BCUT2D eigenvalue weighted by molar-refractivity contribution is -0.623. The van der Waals surface area contributed by atoms with Crippen LogP contribution >= 0.6 is 0 Å². The van der Waals surface area contributed by atoms with Gasteiger partial charge in [0.05, 0.1) is 17.5 Å². The number of benzene rings is 1. The molecule has 0 aliphatic carbocycles. The van der Waals surface area contributed by atoms with Crippen LogP contribution in [-0.2, 0) is 7.05 Å². The Morgan fingerprint density at radius 2 is 2.20 bits per heavy atom. The normalized spacial score (nSPS) is 11.3. The Bertz CT molecular complexity index is 711. The van der Waals surface area contributed by atoms with E-state index in [0.717, 1.165) is 5.52 Å². The molecule has 0 bridgehead atoms. The summed E-state index contributed by atoms with van der Waals surface area (Å²) in [5, 5.41) is 10.6. The lowest BCUT2D eigenvalue weighted by Gasteiger charge is -1.97. The molecule has 3 aromatic rings. The quantitative estimate of drug-likeness (QED) is 0.495. The van der Waals surface area contributed by atoms with E-state index in [2.05, 4.69) is 15.5 Å². The number of hydrogen-bond acceptors (Lipinski definition) is 3. The highest BCUT2D eigenvalue weighted by Crippen LogP contribution is 2.03. The van der Waals surface area contributed by atoms with Gasteiger partial charge in [-0.15, -0.1) is 5.21 Å². The zero-order valence-electron chi connectivity index (χ0n) is 8.01. The van der Waals surface area contributed by atoms with Crippen molar-refractivity contribution in [3.8, 4) is 0 Å². The molecule has 3 rings (SSSR count). The number of hydrogen-bond donors (Lipinski definition) is 1. The number of nitrogens with zero attached hydrogens (tertiary/aromatic N) is 4. The van der Waals surface area contributed by atoms with Crippen LogP contribution in [0.15, 0.2) is 29.1 Å². The van der Waals surface area contributed by atoms with Crippen molar-refractivity contribution < 1.29 is 4.57 Å². The molecule has 1 N–H and O–H groups in total. The van der Waals surface area contributed by atoms with E-state index in [0.29, 0.717) is 11.2 Å². The molecule has 0 aliphatic heterocycles. The molecule has 74 valence electrons. The fourth-order valence-electron chi connectivity index (χ4n) is 1.73. The molecular formula is C9H8N5O+. The molecule has 0 radical (unpaired) electrons. The summed E-state index contributed by atoms with van der Waals surface area (Å²) in [4.78, 5) is 11.9. The molecule has 0 atom stereocenters. The maximum absolute atomic E-state index is 11.9. The molecule has 6 nitrogen and oxygen atoms in total. The molecule has 0 aliphatic rings. The number of aryl methyl sites for hydroxylation is 1. The Kier molecular flexibility index (Phi) is 1.42. The standard InChI is InChI=1S/C9H7N5O/c1-13-7-5-3-2-4-6(7)8(15)14-9(13)10-11-12-14/h2-5H,1H3/p+1. The van der Waals surface area contributed by atoms with Gasteiger partial charge in [-0.3, -0.25) is 0 Å². The minimum Gasteiger partial charge on any atom is -0.248 e. The van der Waals surface area contributed by atoms with E-state index < -0.39 is 0 Å². The van der Waals surface area contributed by atoms with Crippen molar-refractivity contribution in [3.63, 3.8) is 0 Å². The van der Waals surface area contributed by atoms with Crippen LogP contribution in [0.1, 0.15) is 0 Å². The molecular weight excluding hydrogens is 194 g/mol. The van der Waals surface area contributed by atoms with Gasteiger partial charge in [0.25, 0.3) is 0 Å². The molecule has 0 fully saturated rings. The predicted molar refractivity (Wildman–Crippen MR) is 52.3 cm³/mol. The van der Waals surface area contributed by atoms with Crippen molar-refractivity contribution in [2.24, 2.45) is 7.05 Å². The molecule has 0 saturated heterocycles. The first-order chi connectivity index (χ1) is 7.29. The second-order valence-corrected chi connectivity index (χ2v) is 3.32. The zero-order valence-corrected chi connectivity index (χ0v) is 8.01.